The van der Waals surface area contributed by atoms with E-state index in [2.05, 4.69) is 10.3 Å². The lowest BCUT2D eigenvalue weighted by Gasteiger charge is -2.17. The number of carboxylic acid groups (broad SMARTS) is 1. The van der Waals surface area contributed by atoms with Gasteiger partial charge in [-0.1, -0.05) is 12.1 Å². The molecule has 0 spiro atoms. The van der Waals surface area contributed by atoms with Gasteiger partial charge in [0.1, 0.15) is 0 Å². The summed E-state index contributed by atoms with van der Waals surface area (Å²) >= 11 is 0. The van der Waals surface area contributed by atoms with Crippen molar-refractivity contribution in [2.45, 2.75) is 25.6 Å². The summed E-state index contributed by atoms with van der Waals surface area (Å²) in [5.41, 5.74) is -2.46. The molecule has 1 aromatic rings. The van der Waals surface area contributed by atoms with Gasteiger partial charge in [-0.05, 0) is 6.42 Å². The van der Waals surface area contributed by atoms with Crippen LogP contribution in [0.2, 0.25) is 0 Å². The van der Waals surface area contributed by atoms with E-state index in [1.807, 2.05) is 0 Å². The fourth-order valence-corrected chi connectivity index (χ4v) is 1.51. The number of aromatic nitrogens is 3. The lowest BCUT2D eigenvalue weighted by molar-refractivity contribution is -0.146. The van der Waals surface area contributed by atoms with Crippen molar-refractivity contribution in [3.63, 3.8) is 0 Å². The first-order valence-corrected chi connectivity index (χ1v) is 5.07. The third-order valence-corrected chi connectivity index (χ3v) is 2.34. The topological polar surface area (TPSA) is 77.2 Å². The van der Waals surface area contributed by atoms with Crippen LogP contribution in [0.5, 0.6) is 0 Å². The molecule has 0 saturated heterocycles. The Labute approximate surface area is 100 Å². The number of halogens is 3. The molecule has 0 bridgehead atoms. The van der Waals surface area contributed by atoms with Gasteiger partial charge >= 0.3 is 12.1 Å². The van der Waals surface area contributed by atoms with Crippen LogP contribution in [0.4, 0.5) is 13.2 Å². The normalized spacial score (nSPS) is 13.6. The van der Waals surface area contributed by atoms with Gasteiger partial charge < -0.3 is 9.84 Å². The van der Waals surface area contributed by atoms with Crippen molar-refractivity contribution in [2.24, 2.45) is 0 Å². The molecule has 1 rings (SSSR count). The molecule has 0 aliphatic heterocycles. The number of hydrogen-bond acceptors (Lipinski definition) is 4. The van der Waals surface area contributed by atoms with Crippen molar-refractivity contribution in [3.8, 4) is 0 Å². The second-order valence-electron chi connectivity index (χ2n) is 3.55. The highest BCUT2D eigenvalue weighted by atomic mass is 19.4. The van der Waals surface area contributed by atoms with Crippen LogP contribution in [0.15, 0.2) is 0 Å². The van der Waals surface area contributed by atoms with Crippen molar-refractivity contribution < 1.29 is 27.8 Å². The Balaban J connectivity index is 3.32. The first-order valence-electron chi connectivity index (χ1n) is 5.07. The Kier molecular flexibility index (Phi) is 4.28. The van der Waals surface area contributed by atoms with Gasteiger partial charge in [0.05, 0.1) is 12.6 Å². The van der Waals surface area contributed by atoms with Crippen LogP contribution < -0.4 is 0 Å². The summed E-state index contributed by atoms with van der Waals surface area (Å²) in [5, 5.41) is 15.0. The predicted molar refractivity (Wildman–Crippen MR) is 53.2 cm³/mol. The first kappa shape index (κ1) is 14.4. The molecule has 0 amide bonds. The molecule has 0 radical (unpaired) electrons. The molecule has 1 atom stereocenters. The summed E-state index contributed by atoms with van der Waals surface area (Å²) in [6.07, 6.45) is -4.53. The van der Waals surface area contributed by atoms with E-state index in [-0.39, 0.29) is 6.61 Å². The summed E-state index contributed by atoms with van der Waals surface area (Å²) in [5.74, 6) is -1.76. The molecule has 6 nitrogen and oxygen atoms in total. The fraction of sp³-hybridized carbons (Fsp3) is 0.667. The number of aromatic carboxylic acids is 1. The number of carboxylic acids is 1. The number of hydrogen-bond donors (Lipinski definition) is 1. The van der Waals surface area contributed by atoms with Gasteiger partial charge in [-0.25, -0.2) is 9.48 Å². The number of alkyl halides is 3. The molecule has 1 N–H and O–H groups in total. The second-order valence-corrected chi connectivity index (χ2v) is 3.55. The van der Waals surface area contributed by atoms with Gasteiger partial charge in [-0.2, -0.15) is 13.2 Å². The lowest BCUT2D eigenvalue weighted by atomic mass is 10.2. The minimum atomic E-state index is -4.83. The van der Waals surface area contributed by atoms with Gasteiger partial charge in [0.15, 0.2) is 5.69 Å². The number of nitrogens with zero attached hydrogens (tertiary/aromatic N) is 3. The van der Waals surface area contributed by atoms with Gasteiger partial charge in [-0.3, -0.25) is 0 Å². The van der Waals surface area contributed by atoms with Gasteiger partial charge in [0.25, 0.3) is 0 Å². The largest absolute Gasteiger partial charge is 0.476 e. The zero-order chi connectivity index (χ0) is 13.9. The molecular weight excluding hydrogens is 255 g/mol. The average Bonchev–Trinajstić information content (AvgIpc) is 2.69. The van der Waals surface area contributed by atoms with E-state index < -0.39 is 29.6 Å². The second kappa shape index (κ2) is 5.34. The molecule has 0 aliphatic carbocycles. The Hall–Kier alpha value is -1.64. The van der Waals surface area contributed by atoms with E-state index in [0.717, 1.165) is 0 Å². The number of methoxy groups -OCH3 is 1. The molecule has 18 heavy (non-hydrogen) atoms. The molecule has 0 aliphatic rings. The summed E-state index contributed by atoms with van der Waals surface area (Å²) in [6, 6.07) is -0.716. The Morgan fingerprint density at radius 1 is 1.56 bits per heavy atom. The smallest absolute Gasteiger partial charge is 0.435 e. The molecule has 1 heterocycles. The standard InChI is InChI=1S/C9H12F3N3O3/c1-3-5(4-18-2)15-7(9(10,11)12)6(8(16)17)13-14-15/h5H,3-4H2,1-2H3,(H,16,17). The highest BCUT2D eigenvalue weighted by Crippen LogP contribution is 2.33. The van der Waals surface area contributed by atoms with Gasteiger partial charge in [0.2, 0.25) is 5.69 Å². The minimum Gasteiger partial charge on any atom is -0.476 e. The van der Waals surface area contributed by atoms with Gasteiger partial charge in [-0.15, -0.1) is 5.10 Å². The van der Waals surface area contributed by atoms with Crippen LogP contribution in [-0.2, 0) is 10.9 Å². The average molecular weight is 267 g/mol. The quantitative estimate of drug-likeness (QED) is 0.876. The monoisotopic (exact) mass is 267 g/mol. The van der Waals surface area contributed by atoms with Crippen molar-refractivity contribution in [1.29, 1.82) is 0 Å². The van der Waals surface area contributed by atoms with E-state index >= 15 is 0 Å². The highest BCUT2D eigenvalue weighted by Gasteiger charge is 2.42. The summed E-state index contributed by atoms with van der Waals surface area (Å²) in [4.78, 5) is 10.7. The molecule has 1 aromatic heterocycles. The molecule has 0 fully saturated rings. The van der Waals surface area contributed by atoms with Crippen LogP contribution in [0.25, 0.3) is 0 Å². The van der Waals surface area contributed by atoms with Crippen molar-refractivity contribution in [3.05, 3.63) is 11.4 Å². The fourth-order valence-electron chi connectivity index (χ4n) is 1.51. The number of carbonyl (C=O) groups is 1. The van der Waals surface area contributed by atoms with E-state index in [1.165, 1.54) is 7.11 Å². The predicted octanol–water partition coefficient (Wildman–Crippen LogP) is 1.59. The summed E-state index contributed by atoms with van der Waals surface area (Å²) in [7, 11) is 1.34. The van der Waals surface area contributed by atoms with Crippen molar-refractivity contribution in [1.82, 2.24) is 15.0 Å². The maximum Gasteiger partial charge on any atom is 0.435 e. The van der Waals surface area contributed by atoms with Crippen LogP contribution in [0, 0.1) is 0 Å². The van der Waals surface area contributed by atoms with E-state index in [1.54, 1.807) is 6.92 Å². The Morgan fingerprint density at radius 2 is 2.17 bits per heavy atom. The third-order valence-electron chi connectivity index (χ3n) is 2.34. The van der Waals surface area contributed by atoms with E-state index in [0.29, 0.717) is 11.1 Å². The minimum absolute atomic E-state index is 0.0119. The zero-order valence-corrected chi connectivity index (χ0v) is 9.73. The zero-order valence-electron chi connectivity index (χ0n) is 9.73. The van der Waals surface area contributed by atoms with Crippen molar-refractivity contribution >= 4 is 5.97 Å². The third kappa shape index (κ3) is 2.78. The van der Waals surface area contributed by atoms with Crippen LogP contribution in [0.1, 0.15) is 35.6 Å². The van der Waals surface area contributed by atoms with E-state index in [4.69, 9.17) is 9.84 Å². The Bertz CT molecular complexity index is 430. The SMILES string of the molecule is CCC(COC)n1nnc(C(=O)O)c1C(F)(F)F. The van der Waals surface area contributed by atoms with Crippen molar-refractivity contribution in [2.75, 3.05) is 13.7 Å². The number of ether oxygens (including phenoxy) is 1. The molecule has 0 saturated carbocycles. The first-order chi connectivity index (χ1) is 8.32. The molecule has 0 aromatic carbocycles. The summed E-state index contributed by atoms with van der Waals surface area (Å²) in [6.45, 7) is 1.63. The maximum atomic E-state index is 12.8. The summed E-state index contributed by atoms with van der Waals surface area (Å²) < 4.78 is 43.8. The molecule has 1 unspecified atom stereocenters. The molecule has 102 valence electrons. The van der Waals surface area contributed by atoms with E-state index in [9.17, 15) is 18.0 Å². The van der Waals surface area contributed by atoms with Crippen LogP contribution in [-0.4, -0.2) is 39.8 Å². The van der Waals surface area contributed by atoms with Gasteiger partial charge in [0, 0.05) is 7.11 Å². The Morgan fingerprint density at radius 3 is 2.56 bits per heavy atom. The number of rotatable bonds is 5. The van der Waals surface area contributed by atoms with Crippen LogP contribution >= 0.6 is 0 Å². The molecule has 9 heteroatoms. The van der Waals surface area contributed by atoms with Crippen LogP contribution in [0.3, 0.4) is 0 Å². The lowest BCUT2D eigenvalue weighted by Crippen LogP contribution is -2.24. The highest BCUT2D eigenvalue weighted by molar-refractivity contribution is 5.86. The molecular formula is C9H12F3N3O3. The maximum absolute atomic E-state index is 12.8.